The quantitative estimate of drug-likeness (QED) is 0.588. The van der Waals surface area contributed by atoms with Gasteiger partial charge in [-0.1, -0.05) is 11.6 Å². The van der Waals surface area contributed by atoms with Gasteiger partial charge in [0.25, 0.3) is 0 Å². The molecule has 0 aliphatic rings. The lowest BCUT2D eigenvalue weighted by Crippen LogP contribution is -2.05. The van der Waals surface area contributed by atoms with E-state index in [0.717, 1.165) is 16.6 Å². The molecule has 6 heteroatoms. The molecule has 0 spiro atoms. The molecule has 0 bridgehead atoms. The van der Waals surface area contributed by atoms with Gasteiger partial charge in [-0.05, 0) is 42.8 Å². The third-order valence-corrected chi connectivity index (χ3v) is 3.74. The van der Waals surface area contributed by atoms with Crippen molar-refractivity contribution in [2.75, 3.05) is 6.61 Å². The van der Waals surface area contributed by atoms with Crippen LogP contribution in [0.4, 0.5) is 0 Å². The number of hydrogen-bond acceptors (Lipinski definition) is 4. The molecule has 3 rings (SSSR count). The molecule has 0 aromatic carbocycles. The van der Waals surface area contributed by atoms with Gasteiger partial charge in [-0.2, -0.15) is 0 Å². The van der Waals surface area contributed by atoms with Crippen molar-refractivity contribution >= 4 is 23.1 Å². The summed E-state index contributed by atoms with van der Waals surface area (Å²) in [5.74, 6) is -0.397. The zero-order chi connectivity index (χ0) is 16.4. The maximum Gasteiger partial charge on any atom is 0.340 e. The summed E-state index contributed by atoms with van der Waals surface area (Å²) in [6, 6.07) is 8.86. The Hall–Kier alpha value is -2.37. The molecular formula is C17H15ClN2O3. The molecule has 118 valence electrons. The maximum absolute atomic E-state index is 12.3. The Kier molecular flexibility index (Phi) is 4.32. The van der Waals surface area contributed by atoms with Crippen molar-refractivity contribution in [3.8, 4) is 11.3 Å². The Balaban J connectivity index is 2.24. The van der Waals surface area contributed by atoms with Crippen LogP contribution in [0.25, 0.3) is 16.8 Å². The molecule has 3 aromatic heterocycles. The molecule has 0 fully saturated rings. The van der Waals surface area contributed by atoms with Crippen molar-refractivity contribution in [2.45, 2.75) is 13.5 Å². The highest BCUT2D eigenvalue weighted by atomic mass is 35.5. The van der Waals surface area contributed by atoms with Crippen molar-refractivity contribution in [3.05, 3.63) is 59.0 Å². The number of halogens is 1. The predicted octanol–water partition coefficient (Wildman–Crippen LogP) is 3.32. The van der Waals surface area contributed by atoms with Crippen molar-refractivity contribution in [1.29, 1.82) is 0 Å². The zero-order valence-electron chi connectivity index (χ0n) is 12.5. The Morgan fingerprint density at radius 2 is 2.17 bits per heavy atom. The average Bonchev–Trinajstić information content (AvgIpc) is 2.94. The summed E-state index contributed by atoms with van der Waals surface area (Å²) in [4.78, 5) is 16.4. The van der Waals surface area contributed by atoms with Crippen LogP contribution in [0, 0.1) is 0 Å². The van der Waals surface area contributed by atoms with Crippen LogP contribution in [0.2, 0.25) is 5.15 Å². The molecular weight excluding hydrogens is 316 g/mol. The van der Waals surface area contributed by atoms with Crippen LogP contribution in [0.1, 0.15) is 22.8 Å². The van der Waals surface area contributed by atoms with Gasteiger partial charge in [0.15, 0.2) is 0 Å². The maximum atomic E-state index is 12.3. The van der Waals surface area contributed by atoms with Crippen molar-refractivity contribution < 1.29 is 14.6 Å². The molecule has 0 amide bonds. The van der Waals surface area contributed by atoms with E-state index >= 15 is 0 Å². The van der Waals surface area contributed by atoms with Crippen LogP contribution in [0.15, 0.2) is 42.7 Å². The van der Waals surface area contributed by atoms with E-state index in [9.17, 15) is 9.90 Å². The molecule has 0 saturated heterocycles. The van der Waals surface area contributed by atoms with Gasteiger partial charge in [0, 0.05) is 23.5 Å². The predicted molar refractivity (Wildman–Crippen MR) is 87.5 cm³/mol. The molecule has 0 radical (unpaired) electrons. The number of carbonyl (C=O) groups excluding carboxylic acids is 1. The molecule has 23 heavy (non-hydrogen) atoms. The van der Waals surface area contributed by atoms with E-state index in [1.165, 1.54) is 0 Å². The van der Waals surface area contributed by atoms with E-state index in [4.69, 9.17) is 16.3 Å². The standard InChI is InChI=1S/C17H15ClN2O3/c1-2-23-17(22)14-8-13-7-11(10-21)5-6-20(13)16(14)12-3-4-15(18)19-9-12/h3-9,21H,2,10H2,1H3. The summed E-state index contributed by atoms with van der Waals surface area (Å²) in [5, 5.41) is 9.67. The van der Waals surface area contributed by atoms with E-state index in [2.05, 4.69) is 4.98 Å². The summed E-state index contributed by atoms with van der Waals surface area (Å²) in [7, 11) is 0. The first-order valence-corrected chi connectivity index (χ1v) is 7.55. The van der Waals surface area contributed by atoms with E-state index < -0.39 is 5.97 Å². The number of ether oxygens (including phenoxy) is 1. The van der Waals surface area contributed by atoms with Crippen LogP contribution in [0.3, 0.4) is 0 Å². The van der Waals surface area contributed by atoms with Gasteiger partial charge in [0.05, 0.1) is 24.5 Å². The molecule has 1 N–H and O–H groups in total. The molecule has 0 unspecified atom stereocenters. The Morgan fingerprint density at radius 1 is 1.35 bits per heavy atom. The minimum absolute atomic E-state index is 0.0613. The van der Waals surface area contributed by atoms with Crippen LogP contribution in [0.5, 0.6) is 0 Å². The Bertz CT molecular complexity index is 856. The van der Waals surface area contributed by atoms with Crippen molar-refractivity contribution in [1.82, 2.24) is 9.38 Å². The zero-order valence-corrected chi connectivity index (χ0v) is 13.2. The van der Waals surface area contributed by atoms with Gasteiger partial charge < -0.3 is 14.2 Å². The molecule has 0 saturated carbocycles. The fourth-order valence-corrected chi connectivity index (χ4v) is 2.61. The average molecular weight is 331 g/mol. The van der Waals surface area contributed by atoms with Gasteiger partial charge in [-0.3, -0.25) is 0 Å². The van der Waals surface area contributed by atoms with Gasteiger partial charge in [-0.15, -0.1) is 0 Å². The Morgan fingerprint density at radius 3 is 2.83 bits per heavy atom. The fourth-order valence-electron chi connectivity index (χ4n) is 2.50. The molecule has 3 aromatic rings. The number of aliphatic hydroxyl groups excluding tert-OH is 1. The number of carbonyl (C=O) groups is 1. The van der Waals surface area contributed by atoms with Crippen LogP contribution in [-0.2, 0) is 11.3 Å². The number of hydrogen-bond donors (Lipinski definition) is 1. The highest BCUT2D eigenvalue weighted by molar-refractivity contribution is 6.29. The second-order valence-electron chi connectivity index (χ2n) is 4.98. The summed E-state index contributed by atoms with van der Waals surface area (Å²) < 4.78 is 7.02. The number of aliphatic hydroxyl groups is 1. The largest absolute Gasteiger partial charge is 0.462 e. The molecule has 0 aliphatic heterocycles. The second-order valence-corrected chi connectivity index (χ2v) is 5.37. The van der Waals surface area contributed by atoms with Crippen LogP contribution < -0.4 is 0 Å². The van der Waals surface area contributed by atoms with E-state index in [1.54, 1.807) is 37.4 Å². The second kappa shape index (κ2) is 6.40. The van der Waals surface area contributed by atoms with Gasteiger partial charge in [0.1, 0.15) is 5.15 Å². The third-order valence-electron chi connectivity index (χ3n) is 3.52. The number of nitrogens with zero attached hydrogens (tertiary/aromatic N) is 2. The lowest BCUT2D eigenvalue weighted by molar-refractivity contribution is 0.0527. The summed E-state index contributed by atoms with van der Waals surface area (Å²) in [6.07, 6.45) is 3.43. The summed E-state index contributed by atoms with van der Waals surface area (Å²) in [5.41, 5.74) is 3.46. The summed E-state index contributed by atoms with van der Waals surface area (Å²) >= 11 is 5.85. The van der Waals surface area contributed by atoms with Gasteiger partial charge in [0.2, 0.25) is 0 Å². The lowest BCUT2D eigenvalue weighted by Gasteiger charge is -2.07. The number of aromatic nitrogens is 2. The highest BCUT2D eigenvalue weighted by Gasteiger charge is 2.19. The first kappa shape index (κ1) is 15.5. The number of esters is 1. The Labute approximate surface area is 138 Å². The first-order chi connectivity index (χ1) is 11.1. The topological polar surface area (TPSA) is 63.8 Å². The van der Waals surface area contributed by atoms with Gasteiger partial charge >= 0.3 is 5.97 Å². The summed E-state index contributed by atoms with van der Waals surface area (Å²) in [6.45, 7) is 2.00. The first-order valence-electron chi connectivity index (χ1n) is 7.18. The minimum atomic E-state index is -0.397. The van der Waals surface area contributed by atoms with E-state index in [1.807, 2.05) is 16.7 Å². The third kappa shape index (κ3) is 2.93. The normalized spacial score (nSPS) is 10.9. The fraction of sp³-hybridized carbons (Fsp3) is 0.176. The number of pyridine rings is 2. The number of rotatable bonds is 4. The molecule has 3 heterocycles. The van der Waals surface area contributed by atoms with E-state index in [0.29, 0.717) is 23.0 Å². The van der Waals surface area contributed by atoms with Crippen LogP contribution in [-0.4, -0.2) is 27.1 Å². The molecule has 0 atom stereocenters. The molecule has 5 nitrogen and oxygen atoms in total. The smallest absolute Gasteiger partial charge is 0.340 e. The SMILES string of the molecule is CCOC(=O)c1cc2cc(CO)ccn2c1-c1ccc(Cl)nc1. The lowest BCUT2D eigenvalue weighted by atomic mass is 10.1. The van der Waals surface area contributed by atoms with Crippen molar-refractivity contribution in [3.63, 3.8) is 0 Å². The molecule has 0 aliphatic carbocycles. The minimum Gasteiger partial charge on any atom is -0.462 e. The van der Waals surface area contributed by atoms with Crippen molar-refractivity contribution in [2.24, 2.45) is 0 Å². The van der Waals surface area contributed by atoms with E-state index in [-0.39, 0.29) is 6.61 Å². The van der Waals surface area contributed by atoms with Crippen LogP contribution >= 0.6 is 11.6 Å². The number of fused-ring (bicyclic) bond motifs is 1. The van der Waals surface area contributed by atoms with Gasteiger partial charge in [-0.25, -0.2) is 9.78 Å². The monoisotopic (exact) mass is 330 g/mol. The highest BCUT2D eigenvalue weighted by Crippen LogP contribution is 2.29.